The molecule has 1 heterocycles. The lowest BCUT2D eigenvalue weighted by molar-refractivity contribution is -0.123. The van der Waals surface area contributed by atoms with Crippen molar-refractivity contribution in [2.75, 3.05) is 19.6 Å². The van der Waals surface area contributed by atoms with Gasteiger partial charge >= 0.3 is 0 Å². The van der Waals surface area contributed by atoms with Crippen LogP contribution in [0.3, 0.4) is 0 Å². The summed E-state index contributed by atoms with van der Waals surface area (Å²) in [5, 5.41) is 10.5. The van der Waals surface area contributed by atoms with E-state index < -0.39 is 5.60 Å². The molecule has 2 fully saturated rings. The van der Waals surface area contributed by atoms with Gasteiger partial charge in [0.15, 0.2) is 0 Å². The molecule has 0 bridgehead atoms. The van der Waals surface area contributed by atoms with Gasteiger partial charge in [-0.15, -0.1) is 0 Å². The molecule has 0 aromatic carbocycles. The molecule has 98 valence electrons. The highest BCUT2D eigenvalue weighted by Crippen LogP contribution is 2.30. The second kappa shape index (κ2) is 5.49. The lowest BCUT2D eigenvalue weighted by atomic mass is 9.83. The smallest absolute Gasteiger partial charge is 0.134 e. The number of aliphatic hydroxyl groups is 1. The Kier molecular flexibility index (Phi) is 4.21. The Morgan fingerprint density at radius 2 is 2.00 bits per heavy atom. The summed E-state index contributed by atoms with van der Waals surface area (Å²) < 4.78 is 0. The minimum Gasteiger partial charge on any atom is -0.389 e. The van der Waals surface area contributed by atoms with Crippen LogP contribution in [0.4, 0.5) is 0 Å². The van der Waals surface area contributed by atoms with E-state index in [4.69, 9.17) is 0 Å². The zero-order valence-corrected chi connectivity index (χ0v) is 11.0. The first-order chi connectivity index (χ1) is 8.09. The molecule has 0 amide bonds. The number of Topliss-reactive ketones (excluding diaryl/α,β-unsaturated/α-hetero) is 1. The fourth-order valence-corrected chi connectivity index (χ4v) is 3.32. The highest BCUT2D eigenvalue weighted by molar-refractivity contribution is 5.78. The second-order valence-corrected chi connectivity index (χ2v) is 5.97. The Hall–Kier alpha value is -0.410. The van der Waals surface area contributed by atoms with Crippen molar-refractivity contribution in [2.24, 2.45) is 5.92 Å². The maximum absolute atomic E-state index is 11.4. The molecule has 1 atom stereocenters. The van der Waals surface area contributed by atoms with Crippen LogP contribution in [0.25, 0.3) is 0 Å². The van der Waals surface area contributed by atoms with Gasteiger partial charge in [0.2, 0.25) is 0 Å². The van der Waals surface area contributed by atoms with Crippen molar-refractivity contribution in [3.63, 3.8) is 0 Å². The Bertz CT molecular complexity index is 271. The summed E-state index contributed by atoms with van der Waals surface area (Å²) in [5.74, 6) is 0.515. The SMILES string of the molecule is CC(=O)C1CCCN(CC2(O)CCCCC2)C1. The molecule has 0 radical (unpaired) electrons. The van der Waals surface area contributed by atoms with Crippen LogP contribution >= 0.6 is 0 Å². The molecule has 3 nitrogen and oxygen atoms in total. The average molecular weight is 239 g/mol. The molecular weight excluding hydrogens is 214 g/mol. The maximum Gasteiger partial charge on any atom is 0.134 e. The third-order valence-corrected chi connectivity index (χ3v) is 4.38. The topological polar surface area (TPSA) is 40.5 Å². The van der Waals surface area contributed by atoms with Crippen LogP contribution < -0.4 is 0 Å². The summed E-state index contributed by atoms with van der Waals surface area (Å²) in [5.41, 5.74) is -0.475. The lowest BCUT2D eigenvalue weighted by Crippen LogP contribution is -2.48. The zero-order chi connectivity index (χ0) is 12.3. The normalized spacial score (nSPS) is 30.1. The van der Waals surface area contributed by atoms with E-state index in [2.05, 4.69) is 4.90 Å². The Morgan fingerprint density at radius 1 is 1.29 bits per heavy atom. The number of carbonyl (C=O) groups is 1. The molecule has 1 aliphatic carbocycles. The maximum atomic E-state index is 11.4. The minimum absolute atomic E-state index is 0.205. The van der Waals surface area contributed by atoms with Crippen molar-refractivity contribution in [3.05, 3.63) is 0 Å². The molecule has 0 spiro atoms. The zero-order valence-electron chi connectivity index (χ0n) is 11.0. The average Bonchev–Trinajstić information content (AvgIpc) is 2.29. The number of likely N-dealkylation sites (tertiary alicyclic amines) is 1. The van der Waals surface area contributed by atoms with Crippen LogP contribution in [-0.4, -0.2) is 41.0 Å². The first-order valence-electron chi connectivity index (χ1n) is 7.04. The van der Waals surface area contributed by atoms with Gasteiger partial charge < -0.3 is 5.11 Å². The van der Waals surface area contributed by atoms with Crippen LogP contribution in [0, 0.1) is 5.92 Å². The molecule has 1 saturated heterocycles. The van der Waals surface area contributed by atoms with E-state index in [1.807, 2.05) is 0 Å². The van der Waals surface area contributed by atoms with Gasteiger partial charge in [-0.05, 0) is 39.2 Å². The van der Waals surface area contributed by atoms with Gasteiger partial charge in [-0.25, -0.2) is 0 Å². The Balaban J connectivity index is 1.87. The van der Waals surface area contributed by atoms with E-state index in [9.17, 15) is 9.90 Å². The van der Waals surface area contributed by atoms with Crippen molar-refractivity contribution < 1.29 is 9.90 Å². The van der Waals surface area contributed by atoms with Crippen LogP contribution in [0.15, 0.2) is 0 Å². The summed E-state index contributed by atoms with van der Waals surface area (Å²) in [6.45, 7) is 4.38. The van der Waals surface area contributed by atoms with Crippen molar-refractivity contribution >= 4 is 5.78 Å². The first-order valence-corrected chi connectivity index (χ1v) is 7.04. The largest absolute Gasteiger partial charge is 0.389 e. The summed E-state index contributed by atoms with van der Waals surface area (Å²) in [6.07, 6.45) is 7.58. The Morgan fingerprint density at radius 3 is 2.65 bits per heavy atom. The number of nitrogens with zero attached hydrogens (tertiary/aromatic N) is 1. The molecule has 2 rings (SSSR count). The number of hydrogen-bond donors (Lipinski definition) is 1. The molecule has 1 N–H and O–H groups in total. The molecule has 1 unspecified atom stereocenters. The van der Waals surface area contributed by atoms with Gasteiger partial charge in [-0.1, -0.05) is 19.3 Å². The number of hydrogen-bond acceptors (Lipinski definition) is 3. The van der Waals surface area contributed by atoms with Gasteiger partial charge in [0, 0.05) is 19.0 Å². The number of rotatable bonds is 3. The number of carbonyl (C=O) groups excluding carboxylic acids is 1. The van der Waals surface area contributed by atoms with Crippen LogP contribution in [0.5, 0.6) is 0 Å². The van der Waals surface area contributed by atoms with Crippen molar-refractivity contribution in [2.45, 2.75) is 57.5 Å². The van der Waals surface area contributed by atoms with Crippen molar-refractivity contribution in [3.8, 4) is 0 Å². The number of ketones is 1. The highest BCUT2D eigenvalue weighted by Gasteiger charge is 2.33. The molecular formula is C14H25NO2. The van der Waals surface area contributed by atoms with E-state index in [1.54, 1.807) is 6.92 Å². The van der Waals surface area contributed by atoms with Crippen LogP contribution in [0.1, 0.15) is 51.9 Å². The molecule has 17 heavy (non-hydrogen) atoms. The van der Waals surface area contributed by atoms with Crippen LogP contribution in [-0.2, 0) is 4.79 Å². The van der Waals surface area contributed by atoms with E-state index in [1.165, 1.54) is 6.42 Å². The predicted octanol–water partition coefficient (Wildman–Crippen LogP) is 1.98. The predicted molar refractivity (Wildman–Crippen MR) is 67.9 cm³/mol. The number of piperidine rings is 1. The third-order valence-electron chi connectivity index (χ3n) is 4.38. The fraction of sp³-hybridized carbons (Fsp3) is 0.929. The molecule has 0 aromatic rings. The number of β-amino-alcohol motifs (C(OH)–C–C–N with tert-alkyl or cyclic N) is 1. The van der Waals surface area contributed by atoms with Gasteiger partial charge in [0.25, 0.3) is 0 Å². The standard InChI is InChI=1S/C14H25NO2/c1-12(16)13-6-5-9-15(10-13)11-14(17)7-3-2-4-8-14/h13,17H,2-11H2,1H3. The fourth-order valence-electron chi connectivity index (χ4n) is 3.32. The monoisotopic (exact) mass is 239 g/mol. The summed E-state index contributed by atoms with van der Waals surface area (Å²) in [6, 6.07) is 0. The summed E-state index contributed by atoms with van der Waals surface area (Å²) in [7, 11) is 0. The van der Waals surface area contributed by atoms with Gasteiger partial charge in [0.1, 0.15) is 5.78 Å². The molecule has 1 saturated carbocycles. The van der Waals surface area contributed by atoms with Crippen LogP contribution in [0.2, 0.25) is 0 Å². The summed E-state index contributed by atoms with van der Waals surface area (Å²) in [4.78, 5) is 13.7. The van der Waals surface area contributed by atoms with Gasteiger partial charge in [0.05, 0.1) is 5.60 Å². The van der Waals surface area contributed by atoms with E-state index in [0.717, 1.165) is 58.2 Å². The first kappa shape index (κ1) is 13.0. The molecule has 2 aliphatic rings. The van der Waals surface area contributed by atoms with E-state index in [-0.39, 0.29) is 5.92 Å². The van der Waals surface area contributed by atoms with Gasteiger partial charge in [-0.2, -0.15) is 0 Å². The quantitative estimate of drug-likeness (QED) is 0.818. The van der Waals surface area contributed by atoms with Crippen molar-refractivity contribution in [1.29, 1.82) is 0 Å². The lowest BCUT2D eigenvalue weighted by Gasteiger charge is -2.40. The Labute approximate surface area is 104 Å². The molecule has 3 heteroatoms. The molecule has 1 aliphatic heterocycles. The summed E-state index contributed by atoms with van der Waals surface area (Å²) >= 11 is 0. The van der Waals surface area contributed by atoms with Crippen molar-refractivity contribution in [1.82, 2.24) is 4.90 Å². The highest BCUT2D eigenvalue weighted by atomic mass is 16.3. The molecule has 0 aromatic heterocycles. The van der Waals surface area contributed by atoms with Gasteiger partial charge in [-0.3, -0.25) is 9.69 Å². The van der Waals surface area contributed by atoms with E-state index in [0.29, 0.717) is 5.78 Å². The third kappa shape index (κ3) is 3.52. The van der Waals surface area contributed by atoms with E-state index >= 15 is 0 Å². The second-order valence-electron chi connectivity index (χ2n) is 5.97. The minimum atomic E-state index is -0.475.